The second-order valence-electron chi connectivity index (χ2n) is 3.41. The molecule has 0 aromatic carbocycles. The highest BCUT2D eigenvalue weighted by atomic mass is 16.3. The highest BCUT2D eigenvalue weighted by molar-refractivity contribution is 4.90. The quantitative estimate of drug-likeness (QED) is 0.606. The van der Waals surface area contributed by atoms with Gasteiger partial charge in [0.1, 0.15) is 0 Å². The van der Waals surface area contributed by atoms with E-state index >= 15 is 0 Å². The smallest absolute Gasteiger partial charge is 0.0540 e. The summed E-state index contributed by atoms with van der Waals surface area (Å²) in [5, 5.41) is 9.23. The van der Waals surface area contributed by atoms with Gasteiger partial charge in [0, 0.05) is 0 Å². The van der Waals surface area contributed by atoms with Crippen LogP contribution in [0.4, 0.5) is 0 Å². The Bertz CT molecular complexity index is 121. The molecule has 1 aliphatic rings. The highest BCUT2D eigenvalue weighted by Gasteiger charge is 2.16. The Labute approximate surface area is 69.1 Å². The standard InChI is InChI=1S/C10H18O/c1-2-3-4-9-5-7-10(11)8-6-9/h3-4,9-11H,2,5-8H2,1H3/b4-3+. The molecule has 0 unspecified atom stereocenters. The Kier molecular flexibility index (Phi) is 3.64. The van der Waals surface area contributed by atoms with E-state index in [-0.39, 0.29) is 6.10 Å². The molecule has 0 saturated heterocycles. The van der Waals surface area contributed by atoms with Crippen molar-refractivity contribution in [1.82, 2.24) is 0 Å². The Hall–Kier alpha value is -0.300. The molecule has 0 heterocycles. The third-order valence-corrected chi connectivity index (χ3v) is 2.39. The van der Waals surface area contributed by atoms with Crippen LogP contribution in [0.5, 0.6) is 0 Å². The molecule has 1 rings (SSSR count). The maximum absolute atomic E-state index is 9.23. The van der Waals surface area contributed by atoms with Gasteiger partial charge >= 0.3 is 0 Å². The number of allylic oxidation sites excluding steroid dienone is 2. The fourth-order valence-corrected chi connectivity index (χ4v) is 1.62. The monoisotopic (exact) mass is 154 g/mol. The van der Waals surface area contributed by atoms with Crippen molar-refractivity contribution in [3.05, 3.63) is 12.2 Å². The summed E-state index contributed by atoms with van der Waals surface area (Å²) in [5.74, 6) is 0.748. The summed E-state index contributed by atoms with van der Waals surface area (Å²) in [6.45, 7) is 2.16. The average molecular weight is 154 g/mol. The molecule has 0 spiro atoms. The summed E-state index contributed by atoms with van der Waals surface area (Å²) >= 11 is 0. The largest absolute Gasteiger partial charge is 0.393 e. The Balaban J connectivity index is 2.22. The molecule has 11 heavy (non-hydrogen) atoms. The number of hydrogen-bond donors (Lipinski definition) is 1. The molecular formula is C10H18O. The topological polar surface area (TPSA) is 20.2 Å². The van der Waals surface area contributed by atoms with Crippen LogP contribution >= 0.6 is 0 Å². The number of hydrogen-bond acceptors (Lipinski definition) is 1. The van der Waals surface area contributed by atoms with Crippen molar-refractivity contribution in [2.24, 2.45) is 5.92 Å². The van der Waals surface area contributed by atoms with Crippen molar-refractivity contribution >= 4 is 0 Å². The SMILES string of the molecule is CC/C=C/C1CCC(O)CC1. The van der Waals surface area contributed by atoms with Crippen LogP contribution in [0.2, 0.25) is 0 Å². The predicted octanol–water partition coefficient (Wildman–Crippen LogP) is 2.50. The predicted molar refractivity (Wildman–Crippen MR) is 47.4 cm³/mol. The summed E-state index contributed by atoms with van der Waals surface area (Å²) in [6.07, 6.45) is 10.0. The van der Waals surface area contributed by atoms with Gasteiger partial charge < -0.3 is 5.11 Å². The zero-order chi connectivity index (χ0) is 8.10. The average Bonchev–Trinajstić information content (AvgIpc) is 2.04. The first-order chi connectivity index (χ1) is 5.33. The lowest BCUT2D eigenvalue weighted by Gasteiger charge is -2.22. The van der Waals surface area contributed by atoms with E-state index in [9.17, 15) is 5.11 Å². The van der Waals surface area contributed by atoms with Crippen LogP contribution in [0.3, 0.4) is 0 Å². The van der Waals surface area contributed by atoms with E-state index in [0.717, 1.165) is 25.2 Å². The first-order valence-corrected chi connectivity index (χ1v) is 4.67. The molecule has 1 saturated carbocycles. The minimum absolute atomic E-state index is 0.0127. The Morgan fingerprint density at radius 3 is 2.45 bits per heavy atom. The van der Waals surface area contributed by atoms with E-state index in [4.69, 9.17) is 0 Å². The van der Waals surface area contributed by atoms with Gasteiger partial charge in [0.15, 0.2) is 0 Å². The van der Waals surface area contributed by atoms with Gasteiger partial charge in [-0.3, -0.25) is 0 Å². The van der Waals surface area contributed by atoms with Crippen LogP contribution in [-0.4, -0.2) is 11.2 Å². The maximum atomic E-state index is 9.23. The number of aliphatic hydroxyl groups excluding tert-OH is 1. The van der Waals surface area contributed by atoms with Crippen molar-refractivity contribution in [3.8, 4) is 0 Å². The molecule has 0 bridgehead atoms. The van der Waals surface area contributed by atoms with Crippen LogP contribution in [0, 0.1) is 5.92 Å². The molecular weight excluding hydrogens is 136 g/mol. The van der Waals surface area contributed by atoms with Gasteiger partial charge in [0.25, 0.3) is 0 Å². The summed E-state index contributed by atoms with van der Waals surface area (Å²) in [7, 11) is 0. The van der Waals surface area contributed by atoms with Gasteiger partial charge in [-0.1, -0.05) is 19.1 Å². The summed E-state index contributed by atoms with van der Waals surface area (Å²) in [5.41, 5.74) is 0. The molecule has 0 aromatic rings. The first kappa shape index (κ1) is 8.79. The third-order valence-electron chi connectivity index (χ3n) is 2.39. The summed E-state index contributed by atoms with van der Waals surface area (Å²) < 4.78 is 0. The zero-order valence-corrected chi connectivity index (χ0v) is 7.29. The fourth-order valence-electron chi connectivity index (χ4n) is 1.62. The van der Waals surface area contributed by atoms with Crippen molar-refractivity contribution in [2.45, 2.75) is 45.1 Å². The van der Waals surface area contributed by atoms with E-state index in [1.807, 2.05) is 0 Å². The van der Waals surface area contributed by atoms with Crippen LogP contribution in [0.1, 0.15) is 39.0 Å². The normalized spacial score (nSPS) is 32.9. The second-order valence-corrected chi connectivity index (χ2v) is 3.41. The van der Waals surface area contributed by atoms with E-state index in [1.54, 1.807) is 0 Å². The van der Waals surface area contributed by atoms with Crippen molar-refractivity contribution in [1.29, 1.82) is 0 Å². The molecule has 1 N–H and O–H groups in total. The molecule has 1 aliphatic carbocycles. The molecule has 1 heteroatoms. The van der Waals surface area contributed by atoms with Gasteiger partial charge in [-0.25, -0.2) is 0 Å². The van der Waals surface area contributed by atoms with Gasteiger partial charge in [-0.15, -0.1) is 0 Å². The van der Waals surface area contributed by atoms with Gasteiger partial charge in [0.2, 0.25) is 0 Å². The molecule has 1 nitrogen and oxygen atoms in total. The zero-order valence-electron chi connectivity index (χ0n) is 7.29. The highest BCUT2D eigenvalue weighted by Crippen LogP contribution is 2.24. The Morgan fingerprint density at radius 2 is 1.91 bits per heavy atom. The van der Waals surface area contributed by atoms with Crippen LogP contribution in [0.15, 0.2) is 12.2 Å². The second kappa shape index (κ2) is 4.55. The van der Waals surface area contributed by atoms with Gasteiger partial charge in [-0.2, -0.15) is 0 Å². The van der Waals surface area contributed by atoms with Crippen LogP contribution < -0.4 is 0 Å². The van der Waals surface area contributed by atoms with Crippen LogP contribution in [0.25, 0.3) is 0 Å². The fraction of sp³-hybridized carbons (Fsp3) is 0.800. The number of rotatable bonds is 2. The Morgan fingerprint density at radius 1 is 1.27 bits per heavy atom. The van der Waals surface area contributed by atoms with Crippen molar-refractivity contribution in [2.75, 3.05) is 0 Å². The van der Waals surface area contributed by atoms with E-state index in [2.05, 4.69) is 19.1 Å². The lowest BCUT2D eigenvalue weighted by molar-refractivity contribution is 0.118. The molecule has 0 radical (unpaired) electrons. The molecule has 1 fully saturated rings. The van der Waals surface area contributed by atoms with Crippen LogP contribution in [-0.2, 0) is 0 Å². The molecule has 0 aromatic heterocycles. The lowest BCUT2D eigenvalue weighted by atomic mass is 9.87. The van der Waals surface area contributed by atoms with Crippen molar-refractivity contribution in [3.63, 3.8) is 0 Å². The first-order valence-electron chi connectivity index (χ1n) is 4.67. The van der Waals surface area contributed by atoms with E-state index in [0.29, 0.717) is 0 Å². The van der Waals surface area contributed by atoms with E-state index in [1.165, 1.54) is 12.8 Å². The minimum Gasteiger partial charge on any atom is -0.393 e. The minimum atomic E-state index is -0.0127. The number of aliphatic hydroxyl groups is 1. The van der Waals surface area contributed by atoms with E-state index < -0.39 is 0 Å². The molecule has 0 amide bonds. The summed E-state index contributed by atoms with van der Waals surface area (Å²) in [6, 6.07) is 0. The van der Waals surface area contributed by atoms with Gasteiger partial charge in [0.05, 0.1) is 6.10 Å². The molecule has 64 valence electrons. The van der Waals surface area contributed by atoms with Crippen molar-refractivity contribution < 1.29 is 5.11 Å². The molecule has 0 aliphatic heterocycles. The maximum Gasteiger partial charge on any atom is 0.0540 e. The lowest BCUT2D eigenvalue weighted by Crippen LogP contribution is -2.16. The molecule has 0 atom stereocenters. The van der Waals surface area contributed by atoms with Gasteiger partial charge in [-0.05, 0) is 38.0 Å². The third kappa shape index (κ3) is 3.06. The summed E-state index contributed by atoms with van der Waals surface area (Å²) in [4.78, 5) is 0.